The Morgan fingerprint density at radius 2 is 1.94 bits per heavy atom. The average molecular weight is 217 g/mol. The topological polar surface area (TPSA) is 33.1 Å². The summed E-state index contributed by atoms with van der Waals surface area (Å²) < 4.78 is 0. The lowest BCUT2D eigenvalue weighted by atomic mass is 9.95. The van der Waals surface area contributed by atoms with Gasteiger partial charge in [0.15, 0.2) is 0 Å². The van der Waals surface area contributed by atoms with Crippen molar-refractivity contribution in [2.45, 2.75) is 58.0 Å². The minimum atomic E-state index is -0.641. The van der Waals surface area contributed by atoms with Gasteiger partial charge in [-0.2, -0.15) is 0 Å². The molecule has 1 atom stereocenters. The van der Waals surface area contributed by atoms with Crippen LogP contribution in [0.5, 0.6) is 0 Å². The van der Waals surface area contributed by atoms with Crippen LogP contribution in [-0.2, 0) is 24.9 Å². The largest absolute Gasteiger partial charge is 0.384 e. The Labute approximate surface area is 96.7 Å². The Kier molecular flexibility index (Phi) is 2.12. The SMILES string of the molecule is CCC1(O)CCc2c1nc(C)c1c2CCC1. The highest BCUT2D eigenvalue weighted by atomic mass is 16.3. The average Bonchev–Trinajstić information content (AvgIpc) is 2.86. The number of aromatic nitrogens is 1. The minimum Gasteiger partial charge on any atom is -0.384 e. The van der Waals surface area contributed by atoms with Crippen LogP contribution in [0.3, 0.4) is 0 Å². The third-order valence-electron chi connectivity index (χ3n) is 4.40. The van der Waals surface area contributed by atoms with Gasteiger partial charge < -0.3 is 5.11 Å². The van der Waals surface area contributed by atoms with Gasteiger partial charge in [0.05, 0.1) is 5.69 Å². The highest BCUT2D eigenvalue weighted by molar-refractivity contribution is 5.47. The maximum Gasteiger partial charge on any atom is 0.107 e. The molecule has 0 radical (unpaired) electrons. The van der Waals surface area contributed by atoms with Crippen LogP contribution in [0.25, 0.3) is 0 Å². The van der Waals surface area contributed by atoms with E-state index in [-0.39, 0.29) is 0 Å². The van der Waals surface area contributed by atoms with Crippen molar-refractivity contribution in [1.29, 1.82) is 0 Å². The van der Waals surface area contributed by atoms with E-state index in [0.717, 1.165) is 30.7 Å². The fourth-order valence-electron chi connectivity index (χ4n) is 3.37. The number of hydrogen-bond donors (Lipinski definition) is 1. The van der Waals surface area contributed by atoms with Gasteiger partial charge in [0, 0.05) is 5.69 Å². The number of pyridine rings is 1. The van der Waals surface area contributed by atoms with Crippen LogP contribution in [0.15, 0.2) is 0 Å². The van der Waals surface area contributed by atoms with Gasteiger partial charge in [0.1, 0.15) is 5.60 Å². The molecule has 86 valence electrons. The van der Waals surface area contributed by atoms with E-state index in [1.54, 1.807) is 0 Å². The summed E-state index contributed by atoms with van der Waals surface area (Å²) in [6, 6.07) is 0. The Bertz CT molecular complexity index is 453. The predicted octanol–water partition coefficient (Wildman–Crippen LogP) is 2.42. The molecule has 0 aliphatic heterocycles. The third-order valence-corrected chi connectivity index (χ3v) is 4.40. The first kappa shape index (κ1) is 10.3. The molecule has 2 heteroatoms. The summed E-state index contributed by atoms with van der Waals surface area (Å²) in [6.07, 6.45) is 6.31. The molecule has 1 aromatic heterocycles. The van der Waals surface area contributed by atoms with Crippen molar-refractivity contribution in [2.75, 3.05) is 0 Å². The Morgan fingerprint density at radius 3 is 2.69 bits per heavy atom. The fraction of sp³-hybridized carbons (Fsp3) is 0.643. The maximum absolute atomic E-state index is 10.5. The van der Waals surface area contributed by atoms with Gasteiger partial charge in [-0.15, -0.1) is 0 Å². The van der Waals surface area contributed by atoms with E-state index in [2.05, 4.69) is 13.8 Å². The lowest BCUT2D eigenvalue weighted by Gasteiger charge is -2.22. The van der Waals surface area contributed by atoms with Crippen molar-refractivity contribution in [2.24, 2.45) is 0 Å². The zero-order valence-electron chi connectivity index (χ0n) is 10.1. The van der Waals surface area contributed by atoms with Crippen molar-refractivity contribution in [3.8, 4) is 0 Å². The molecule has 0 aromatic carbocycles. The Hall–Kier alpha value is -0.890. The number of aryl methyl sites for hydroxylation is 1. The molecule has 0 saturated heterocycles. The first-order valence-electron chi connectivity index (χ1n) is 6.40. The van der Waals surface area contributed by atoms with Gasteiger partial charge in [-0.3, -0.25) is 4.98 Å². The summed E-state index contributed by atoms with van der Waals surface area (Å²) in [4.78, 5) is 4.70. The quantitative estimate of drug-likeness (QED) is 0.783. The number of fused-ring (bicyclic) bond motifs is 3. The van der Waals surface area contributed by atoms with Crippen molar-refractivity contribution >= 4 is 0 Å². The second-order valence-electron chi connectivity index (χ2n) is 5.22. The van der Waals surface area contributed by atoms with Crippen LogP contribution in [0, 0.1) is 6.92 Å². The van der Waals surface area contributed by atoms with E-state index in [1.165, 1.54) is 36.0 Å². The predicted molar refractivity (Wildman–Crippen MR) is 63.5 cm³/mol. The summed E-state index contributed by atoms with van der Waals surface area (Å²) in [5.41, 5.74) is 5.87. The highest BCUT2D eigenvalue weighted by Crippen LogP contribution is 2.42. The Morgan fingerprint density at radius 1 is 1.19 bits per heavy atom. The molecule has 2 aliphatic carbocycles. The molecule has 16 heavy (non-hydrogen) atoms. The second kappa shape index (κ2) is 3.30. The van der Waals surface area contributed by atoms with Crippen molar-refractivity contribution < 1.29 is 5.11 Å². The van der Waals surface area contributed by atoms with Gasteiger partial charge >= 0.3 is 0 Å². The molecular formula is C14H19NO. The van der Waals surface area contributed by atoms with Crippen molar-refractivity contribution in [3.05, 3.63) is 28.1 Å². The molecule has 1 aromatic rings. The van der Waals surface area contributed by atoms with Crippen LogP contribution >= 0.6 is 0 Å². The van der Waals surface area contributed by atoms with Gasteiger partial charge in [-0.25, -0.2) is 0 Å². The zero-order valence-corrected chi connectivity index (χ0v) is 10.1. The maximum atomic E-state index is 10.5. The van der Waals surface area contributed by atoms with Crippen molar-refractivity contribution in [1.82, 2.24) is 4.98 Å². The van der Waals surface area contributed by atoms with E-state index in [1.807, 2.05) is 0 Å². The standard InChI is InChI=1S/C14H19NO/c1-3-14(16)8-7-12-11-6-4-5-10(11)9(2)15-13(12)14/h16H,3-8H2,1-2H3. The zero-order chi connectivity index (χ0) is 11.3. The normalized spacial score (nSPS) is 26.9. The van der Waals surface area contributed by atoms with E-state index < -0.39 is 5.60 Å². The van der Waals surface area contributed by atoms with Crippen LogP contribution in [0.2, 0.25) is 0 Å². The molecule has 0 fully saturated rings. The van der Waals surface area contributed by atoms with Crippen LogP contribution < -0.4 is 0 Å². The number of nitrogens with zero attached hydrogens (tertiary/aromatic N) is 1. The molecule has 1 unspecified atom stereocenters. The second-order valence-corrected chi connectivity index (χ2v) is 5.22. The number of aliphatic hydroxyl groups is 1. The molecule has 0 saturated carbocycles. The summed E-state index contributed by atoms with van der Waals surface area (Å²) in [5, 5.41) is 10.5. The van der Waals surface area contributed by atoms with E-state index in [4.69, 9.17) is 4.98 Å². The third kappa shape index (κ3) is 1.20. The monoisotopic (exact) mass is 217 g/mol. The lowest BCUT2D eigenvalue weighted by molar-refractivity contribution is 0.0305. The first-order valence-corrected chi connectivity index (χ1v) is 6.40. The van der Waals surface area contributed by atoms with Gasteiger partial charge in [0.2, 0.25) is 0 Å². The molecular weight excluding hydrogens is 198 g/mol. The molecule has 0 bridgehead atoms. The molecule has 1 heterocycles. The van der Waals surface area contributed by atoms with Gasteiger partial charge in [-0.1, -0.05) is 6.92 Å². The summed E-state index contributed by atoms with van der Waals surface area (Å²) in [7, 11) is 0. The van der Waals surface area contributed by atoms with E-state index >= 15 is 0 Å². The summed E-state index contributed by atoms with van der Waals surface area (Å²) >= 11 is 0. The minimum absolute atomic E-state index is 0.641. The number of hydrogen-bond acceptors (Lipinski definition) is 2. The lowest BCUT2D eigenvalue weighted by Crippen LogP contribution is -2.22. The fourth-order valence-corrected chi connectivity index (χ4v) is 3.37. The van der Waals surface area contributed by atoms with Crippen molar-refractivity contribution in [3.63, 3.8) is 0 Å². The van der Waals surface area contributed by atoms with Gasteiger partial charge in [0.25, 0.3) is 0 Å². The van der Waals surface area contributed by atoms with Crippen LogP contribution in [0.1, 0.15) is 54.3 Å². The highest BCUT2D eigenvalue weighted by Gasteiger charge is 2.39. The first-order chi connectivity index (χ1) is 7.65. The smallest absolute Gasteiger partial charge is 0.107 e. The van der Waals surface area contributed by atoms with E-state index in [9.17, 15) is 5.11 Å². The summed E-state index contributed by atoms with van der Waals surface area (Å²) in [5.74, 6) is 0. The van der Waals surface area contributed by atoms with Crippen LogP contribution in [-0.4, -0.2) is 10.1 Å². The van der Waals surface area contributed by atoms with Crippen LogP contribution in [0.4, 0.5) is 0 Å². The number of rotatable bonds is 1. The molecule has 2 aliphatic rings. The molecule has 3 rings (SSSR count). The molecule has 0 amide bonds. The molecule has 2 nitrogen and oxygen atoms in total. The summed E-state index contributed by atoms with van der Waals surface area (Å²) in [6.45, 7) is 4.15. The Balaban J connectivity index is 2.23. The van der Waals surface area contributed by atoms with Gasteiger partial charge in [-0.05, 0) is 62.1 Å². The van der Waals surface area contributed by atoms with E-state index in [0.29, 0.717) is 0 Å². The molecule has 0 spiro atoms. The molecule has 1 N–H and O–H groups in total.